The van der Waals surface area contributed by atoms with Crippen LogP contribution >= 0.6 is 0 Å². The number of hydrogen-bond donors (Lipinski definition) is 0. The Kier molecular flexibility index (Phi) is 3.08. The second-order valence-electron chi connectivity index (χ2n) is 5.56. The van der Waals surface area contributed by atoms with E-state index in [4.69, 9.17) is 0 Å². The number of carbonyl (C=O) groups excluding carboxylic acids is 1. The average Bonchev–Trinajstić information content (AvgIpc) is 2.74. The zero-order valence-corrected chi connectivity index (χ0v) is 12.1. The highest BCUT2D eigenvalue weighted by atomic mass is 16.1. The molecule has 0 radical (unpaired) electrons. The predicted molar refractivity (Wildman–Crippen MR) is 89.6 cm³/mol. The first-order valence-corrected chi connectivity index (χ1v) is 7.45. The van der Waals surface area contributed by atoms with E-state index in [2.05, 4.69) is 29.3 Å². The number of hydrogen-bond acceptors (Lipinski definition) is 2. The maximum Gasteiger partial charge on any atom is 0.158 e. The van der Waals surface area contributed by atoms with Crippen LogP contribution in [0.15, 0.2) is 71.7 Å². The van der Waals surface area contributed by atoms with Gasteiger partial charge >= 0.3 is 0 Å². The number of nitrogens with zero attached hydrogens (tertiary/aromatic N) is 1. The fourth-order valence-electron chi connectivity index (χ4n) is 3.10. The zero-order chi connectivity index (χ0) is 14.9. The van der Waals surface area contributed by atoms with Gasteiger partial charge in [0, 0.05) is 17.5 Å². The third-order valence-electron chi connectivity index (χ3n) is 4.13. The fourth-order valence-corrected chi connectivity index (χ4v) is 3.10. The Labute approximate surface area is 129 Å². The topological polar surface area (TPSA) is 29.4 Å². The third-order valence-corrected chi connectivity index (χ3v) is 4.13. The van der Waals surface area contributed by atoms with Gasteiger partial charge in [0.05, 0.1) is 12.3 Å². The lowest BCUT2D eigenvalue weighted by molar-refractivity contribution is -0.117. The summed E-state index contributed by atoms with van der Waals surface area (Å²) in [6.07, 6.45) is 0.455. The van der Waals surface area contributed by atoms with E-state index in [0.29, 0.717) is 6.42 Å². The zero-order valence-electron chi connectivity index (χ0n) is 12.1. The molecule has 0 fully saturated rings. The van der Waals surface area contributed by atoms with Crippen LogP contribution in [0, 0.1) is 0 Å². The van der Waals surface area contributed by atoms with E-state index < -0.39 is 0 Å². The maximum absolute atomic E-state index is 12.2. The van der Waals surface area contributed by atoms with Gasteiger partial charge in [-0.1, -0.05) is 66.7 Å². The minimum atomic E-state index is 0.170. The summed E-state index contributed by atoms with van der Waals surface area (Å²) in [5.41, 5.74) is 4.17. The summed E-state index contributed by atoms with van der Waals surface area (Å²) in [6.45, 7) is 0.257. The van der Waals surface area contributed by atoms with Gasteiger partial charge in [-0.3, -0.25) is 9.79 Å². The first kappa shape index (κ1) is 13.0. The molecule has 0 amide bonds. The molecule has 2 heteroatoms. The molecule has 3 aromatic carbocycles. The van der Waals surface area contributed by atoms with Crippen LogP contribution < -0.4 is 0 Å². The van der Waals surface area contributed by atoms with Gasteiger partial charge in [0.25, 0.3) is 0 Å². The van der Waals surface area contributed by atoms with Gasteiger partial charge in [-0.05, 0) is 16.3 Å². The van der Waals surface area contributed by atoms with Crippen molar-refractivity contribution in [2.75, 3.05) is 6.54 Å². The van der Waals surface area contributed by atoms with Crippen molar-refractivity contribution in [1.29, 1.82) is 0 Å². The van der Waals surface area contributed by atoms with Crippen LogP contribution in [-0.4, -0.2) is 18.0 Å². The Bertz CT molecular complexity index is 894. The summed E-state index contributed by atoms with van der Waals surface area (Å²) in [6, 6.07) is 22.5. The number of Topliss-reactive ketones (excluding diaryl/α,β-unsaturated/α-hetero) is 1. The van der Waals surface area contributed by atoms with Crippen LogP contribution in [0.5, 0.6) is 0 Å². The third kappa shape index (κ3) is 2.13. The highest BCUT2D eigenvalue weighted by Crippen LogP contribution is 2.27. The lowest BCUT2D eigenvalue weighted by Crippen LogP contribution is -2.06. The molecule has 4 rings (SSSR count). The smallest absolute Gasteiger partial charge is 0.158 e. The maximum atomic E-state index is 12.2. The molecule has 3 aromatic rings. The van der Waals surface area contributed by atoms with Gasteiger partial charge in [0.15, 0.2) is 5.78 Å². The van der Waals surface area contributed by atoms with Crippen LogP contribution in [0.4, 0.5) is 0 Å². The molecule has 0 N–H and O–H groups in total. The Hall–Kier alpha value is -2.74. The Morgan fingerprint density at radius 3 is 2.45 bits per heavy atom. The molecule has 0 unspecified atom stereocenters. The summed E-state index contributed by atoms with van der Waals surface area (Å²) in [5.74, 6) is 0.170. The largest absolute Gasteiger partial charge is 0.297 e. The molecule has 0 atom stereocenters. The van der Waals surface area contributed by atoms with Gasteiger partial charge < -0.3 is 0 Å². The summed E-state index contributed by atoms with van der Waals surface area (Å²) in [5, 5.41) is 2.32. The van der Waals surface area contributed by atoms with E-state index in [1.165, 1.54) is 5.39 Å². The fraction of sp³-hybridized carbons (Fsp3) is 0.100. The van der Waals surface area contributed by atoms with Crippen LogP contribution in [0.1, 0.15) is 16.7 Å². The highest BCUT2D eigenvalue weighted by Gasteiger charge is 2.20. The van der Waals surface area contributed by atoms with Crippen molar-refractivity contribution < 1.29 is 4.79 Å². The molecule has 1 heterocycles. The minimum absolute atomic E-state index is 0.170. The quantitative estimate of drug-likeness (QED) is 0.668. The lowest BCUT2D eigenvalue weighted by Gasteiger charge is -2.12. The van der Waals surface area contributed by atoms with E-state index >= 15 is 0 Å². The predicted octanol–water partition coefficient (Wildman–Crippen LogP) is 3.80. The molecule has 0 aromatic heterocycles. The van der Waals surface area contributed by atoms with Crippen molar-refractivity contribution in [3.63, 3.8) is 0 Å². The average molecular weight is 285 g/mol. The monoisotopic (exact) mass is 285 g/mol. The lowest BCUT2D eigenvalue weighted by atomic mass is 9.91. The standard InChI is InChI=1S/C20H15NO/c22-16-12-19-17-9-5-4-6-14(17)10-11-18(19)20(21-13-16)15-7-2-1-3-8-15/h1-11H,12-13H2. The molecule has 0 spiro atoms. The number of carbonyl (C=O) groups is 1. The van der Waals surface area contributed by atoms with Gasteiger partial charge in [0.2, 0.25) is 0 Å². The molecule has 0 bridgehead atoms. The van der Waals surface area contributed by atoms with Crippen LogP contribution in [0.25, 0.3) is 10.8 Å². The van der Waals surface area contributed by atoms with E-state index in [1.54, 1.807) is 0 Å². The number of benzene rings is 3. The molecule has 22 heavy (non-hydrogen) atoms. The second-order valence-corrected chi connectivity index (χ2v) is 5.56. The van der Waals surface area contributed by atoms with E-state index in [1.807, 2.05) is 42.5 Å². The van der Waals surface area contributed by atoms with Crippen molar-refractivity contribution in [1.82, 2.24) is 0 Å². The molecule has 1 aliphatic rings. The summed E-state index contributed by atoms with van der Waals surface area (Å²) < 4.78 is 0. The van der Waals surface area contributed by atoms with Gasteiger partial charge in [-0.15, -0.1) is 0 Å². The SMILES string of the molecule is O=C1CN=C(c2ccccc2)c2ccc3ccccc3c2C1. The molecule has 106 valence electrons. The normalized spacial score (nSPS) is 14.4. The molecular weight excluding hydrogens is 270 g/mol. The van der Waals surface area contributed by atoms with Crippen molar-refractivity contribution in [3.8, 4) is 0 Å². The van der Waals surface area contributed by atoms with Gasteiger partial charge in [0.1, 0.15) is 0 Å². The van der Waals surface area contributed by atoms with Crippen molar-refractivity contribution in [2.24, 2.45) is 4.99 Å². The van der Waals surface area contributed by atoms with Gasteiger partial charge in [-0.25, -0.2) is 0 Å². The molecule has 0 aliphatic carbocycles. The van der Waals surface area contributed by atoms with Crippen molar-refractivity contribution >= 4 is 22.3 Å². The Morgan fingerprint density at radius 2 is 1.59 bits per heavy atom. The van der Waals surface area contributed by atoms with E-state index in [0.717, 1.165) is 27.8 Å². The van der Waals surface area contributed by atoms with Crippen LogP contribution in [0.2, 0.25) is 0 Å². The molecule has 2 nitrogen and oxygen atoms in total. The summed E-state index contributed by atoms with van der Waals surface area (Å²) in [4.78, 5) is 16.7. The second kappa shape index (κ2) is 5.23. The number of rotatable bonds is 1. The summed E-state index contributed by atoms with van der Waals surface area (Å²) in [7, 11) is 0. The number of aliphatic imine (C=N–C) groups is 1. The molecular formula is C20H15NO. The first-order chi connectivity index (χ1) is 10.8. The van der Waals surface area contributed by atoms with Crippen molar-refractivity contribution in [3.05, 3.63) is 83.4 Å². The van der Waals surface area contributed by atoms with Crippen LogP contribution in [0.3, 0.4) is 0 Å². The minimum Gasteiger partial charge on any atom is -0.297 e. The van der Waals surface area contributed by atoms with Crippen molar-refractivity contribution in [2.45, 2.75) is 6.42 Å². The molecule has 0 saturated heterocycles. The highest BCUT2D eigenvalue weighted by molar-refractivity contribution is 6.17. The Balaban J connectivity index is 2.01. The first-order valence-electron chi connectivity index (χ1n) is 7.45. The number of ketones is 1. The van der Waals surface area contributed by atoms with E-state index in [9.17, 15) is 4.79 Å². The van der Waals surface area contributed by atoms with Crippen LogP contribution in [-0.2, 0) is 11.2 Å². The molecule has 0 saturated carbocycles. The van der Waals surface area contributed by atoms with Gasteiger partial charge in [-0.2, -0.15) is 0 Å². The number of fused-ring (bicyclic) bond motifs is 3. The van der Waals surface area contributed by atoms with E-state index in [-0.39, 0.29) is 12.3 Å². The summed E-state index contributed by atoms with van der Waals surface area (Å²) >= 11 is 0. The Morgan fingerprint density at radius 1 is 0.818 bits per heavy atom. The molecule has 1 aliphatic heterocycles.